The summed E-state index contributed by atoms with van der Waals surface area (Å²) in [4.78, 5) is 35.5. The Morgan fingerprint density at radius 2 is 1.87 bits per heavy atom. The normalized spacial score (nSPS) is 10.8. The summed E-state index contributed by atoms with van der Waals surface area (Å²) in [6.45, 7) is -0.970. The van der Waals surface area contributed by atoms with Crippen LogP contribution >= 0.6 is 0 Å². The fourth-order valence-electron chi connectivity index (χ4n) is 1.42. The van der Waals surface area contributed by atoms with Crippen LogP contribution in [0.4, 0.5) is 13.2 Å². The fourth-order valence-corrected chi connectivity index (χ4v) is 1.42. The number of carbonyl (C=O) groups excluding carboxylic acids is 3. The summed E-state index contributed by atoms with van der Waals surface area (Å²) in [5.41, 5.74) is -1.31. The van der Waals surface area contributed by atoms with Crippen LogP contribution < -0.4 is 5.32 Å². The van der Waals surface area contributed by atoms with E-state index >= 15 is 0 Å². The molecule has 1 N–H and O–H groups in total. The number of carbonyl (C=O) groups is 3. The lowest BCUT2D eigenvalue weighted by Gasteiger charge is -2.11. The van der Waals surface area contributed by atoms with Gasteiger partial charge in [-0.25, -0.2) is 4.79 Å². The summed E-state index contributed by atoms with van der Waals surface area (Å²) >= 11 is 0. The van der Waals surface area contributed by atoms with Gasteiger partial charge in [0, 0.05) is 14.1 Å². The van der Waals surface area contributed by atoms with Crippen molar-refractivity contribution >= 4 is 17.8 Å². The maximum absolute atomic E-state index is 12.5. The number of ether oxygens (including phenoxy) is 1. The molecule has 0 spiro atoms. The summed E-state index contributed by atoms with van der Waals surface area (Å²) in [5.74, 6) is -2.16. The van der Waals surface area contributed by atoms with Crippen molar-refractivity contribution in [2.45, 2.75) is 6.18 Å². The second-order valence-corrected chi connectivity index (χ2v) is 4.72. The number of nitrogens with zero attached hydrogens (tertiary/aromatic N) is 1. The molecule has 0 unspecified atom stereocenters. The van der Waals surface area contributed by atoms with Crippen LogP contribution in [0.1, 0.15) is 15.9 Å². The lowest BCUT2D eigenvalue weighted by molar-refractivity contribution is -0.137. The second-order valence-electron chi connectivity index (χ2n) is 4.72. The number of hydrogen-bond donors (Lipinski definition) is 1. The van der Waals surface area contributed by atoms with Crippen molar-refractivity contribution in [2.24, 2.45) is 0 Å². The molecule has 0 saturated carbocycles. The summed E-state index contributed by atoms with van der Waals surface area (Å²) in [6, 6.07) is 3.66. The van der Waals surface area contributed by atoms with Gasteiger partial charge in [0.05, 0.1) is 17.7 Å². The number of likely N-dealkylation sites (N-methyl/N-ethyl adjacent to an activating group) is 1. The third-order valence-electron chi connectivity index (χ3n) is 2.70. The van der Waals surface area contributed by atoms with Gasteiger partial charge in [0.1, 0.15) is 0 Å². The first-order chi connectivity index (χ1) is 10.6. The van der Waals surface area contributed by atoms with Gasteiger partial charge in [-0.05, 0) is 18.2 Å². The average Bonchev–Trinajstić information content (AvgIpc) is 2.49. The van der Waals surface area contributed by atoms with Crippen LogP contribution in [0.2, 0.25) is 0 Å². The summed E-state index contributed by atoms with van der Waals surface area (Å²) < 4.78 is 42.2. The number of amides is 2. The Morgan fingerprint density at radius 3 is 2.43 bits per heavy atom. The summed E-state index contributed by atoms with van der Waals surface area (Å²) in [5, 5.41) is 2.22. The van der Waals surface area contributed by atoms with E-state index in [-0.39, 0.29) is 18.0 Å². The lowest BCUT2D eigenvalue weighted by Crippen LogP contribution is -2.38. The zero-order valence-electron chi connectivity index (χ0n) is 12.4. The summed E-state index contributed by atoms with van der Waals surface area (Å²) in [7, 11) is 3.00. The topological polar surface area (TPSA) is 75.7 Å². The van der Waals surface area contributed by atoms with Gasteiger partial charge in [-0.2, -0.15) is 13.2 Å². The van der Waals surface area contributed by atoms with E-state index in [1.54, 1.807) is 0 Å². The van der Waals surface area contributed by atoms with Gasteiger partial charge >= 0.3 is 12.1 Å². The maximum atomic E-state index is 12.5. The zero-order chi connectivity index (χ0) is 17.6. The average molecular weight is 332 g/mol. The molecule has 0 aromatic heterocycles. The Bertz CT molecular complexity index is 600. The highest BCUT2D eigenvalue weighted by Crippen LogP contribution is 2.29. The molecule has 1 aromatic carbocycles. The van der Waals surface area contributed by atoms with Crippen LogP contribution in [-0.4, -0.2) is 49.9 Å². The number of esters is 1. The molecule has 1 aromatic rings. The number of nitrogens with one attached hydrogen (secondary N) is 1. The molecule has 0 aliphatic carbocycles. The Labute approximate surface area is 130 Å². The third-order valence-corrected chi connectivity index (χ3v) is 2.70. The molecule has 6 nitrogen and oxygen atoms in total. The van der Waals surface area contributed by atoms with Crippen molar-refractivity contribution in [1.82, 2.24) is 10.2 Å². The molecular weight excluding hydrogens is 317 g/mol. The smallest absolute Gasteiger partial charge is 0.416 e. The number of halogens is 3. The van der Waals surface area contributed by atoms with Crippen LogP contribution in [0.25, 0.3) is 0 Å². The molecule has 0 fully saturated rings. The molecule has 0 saturated heterocycles. The van der Waals surface area contributed by atoms with Gasteiger partial charge in [0.25, 0.3) is 5.91 Å². The van der Waals surface area contributed by atoms with E-state index in [1.165, 1.54) is 19.0 Å². The molecule has 2 amide bonds. The van der Waals surface area contributed by atoms with Gasteiger partial charge in [0.2, 0.25) is 5.91 Å². The van der Waals surface area contributed by atoms with E-state index in [2.05, 4.69) is 10.1 Å². The van der Waals surface area contributed by atoms with Crippen molar-refractivity contribution in [1.29, 1.82) is 0 Å². The molecule has 0 aliphatic heterocycles. The van der Waals surface area contributed by atoms with Gasteiger partial charge < -0.3 is 15.0 Å². The monoisotopic (exact) mass is 332 g/mol. The largest absolute Gasteiger partial charge is 0.452 e. The fraction of sp³-hybridized carbons (Fsp3) is 0.357. The SMILES string of the molecule is CN(C)C(=O)CNC(=O)COC(=O)c1cccc(C(F)(F)F)c1. The van der Waals surface area contributed by atoms with Gasteiger partial charge in [0.15, 0.2) is 6.61 Å². The molecule has 1 rings (SSSR count). The van der Waals surface area contributed by atoms with Crippen molar-refractivity contribution < 1.29 is 32.3 Å². The molecule has 23 heavy (non-hydrogen) atoms. The van der Waals surface area contributed by atoms with E-state index in [0.29, 0.717) is 6.07 Å². The molecule has 0 aliphatic rings. The molecule has 0 radical (unpaired) electrons. The van der Waals surface area contributed by atoms with Crippen LogP contribution in [0.5, 0.6) is 0 Å². The van der Waals surface area contributed by atoms with Crippen LogP contribution in [0.3, 0.4) is 0 Å². The van der Waals surface area contributed by atoms with E-state index in [4.69, 9.17) is 0 Å². The highest BCUT2D eigenvalue weighted by Gasteiger charge is 2.31. The van der Waals surface area contributed by atoms with Crippen molar-refractivity contribution in [3.63, 3.8) is 0 Å². The number of alkyl halides is 3. The van der Waals surface area contributed by atoms with Gasteiger partial charge in [-0.1, -0.05) is 6.07 Å². The minimum atomic E-state index is -4.58. The lowest BCUT2D eigenvalue weighted by atomic mass is 10.1. The second kappa shape index (κ2) is 7.61. The predicted molar refractivity (Wildman–Crippen MR) is 73.4 cm³/mol. The molecular formula is C14H15F3N2O4. The first kappa shape index (κ1) is 18.5. The Balaban J connectivity index is 2.54. The maximum Gasteiger partial charge on any atom is 0.416 e. The first-order valence-corrected chi connectivity index (χ1v) is 6.42. The highest BCUT2D eigenvalue weighted by molar-refractivity contribution is 5.92. The first-order valence-electron chi connectivity index (χ1n) is 6.42. The Morgan fingerprint density at radius 1 is 1.22 bits per heavy atom. The predicted octanol–water partition coefficient (Wildman–Crippen LogP) is 1.07. The molecule has 0 bridgehead atoms. The summed E-state index contributed by atoms with van der Waals surface area (Å²) in [6.07, 6.45) is -4.58. The molecule has 0 atom stereocenters. The van der Waals surface area contributed by atoms with E-state index in [0.717, 1.165) is 18.2 Å². The van der Waals surface area contributed by atoms with Crippen LogP contribution in [0, 0.1) is 0 Å². The molecule has 9 heteroatoms. The number of rotatable bonds is 5. The minimum Gasteiger partial charge on any atom is -0.452 e. The third kappa shape index (κ3) is 5.97. The molecule has 0 heterocycles. The Hall–Kier alpha value is -2.58. The standard InChI is InChI=1S/C14H15F3N2O4/c1-19(2)12(21)7-18-11(20)8-23-13(22)9-4-3-5-10(6-9)14(15,16)17/h3-6H,7-8H2,1-2H3,(H,18,20). The van der Waals surface area contributed by atoms with Crippen LogP contribution in [0.15, 0.2) is 24.3 Å². The van der Waals surface area contributed by atoms with Gasteiger partial charge in [-0.15, -0.1) is 0 Å². The zero-order valence-corrected chi connectivity index (χ0v) is 12.4. The van der Waals surface area contributed by atoms with E-state index < -0.39 is 30.2 Å². The molecule has 126 valence electrons. The number of benzene rings is 1. The van der Waals surface area contributed by atoms with Crippen molar-refractivity contribution in [3.8, 4) is 0 Å². The van der Waals surface area contributed by atoms with Gasteiger partial charge in [-0.3, -0.25) is 9.59 Å². The van der Waals surface area contributed by atoms with E-state index in [9.17, 15) is 27.6 Å². The number of hydrogen-bond acceptors (Lipinski definition) is 4. The van der Waals surface area contributed by atoms with Crippen LogP contribution in [-0.2, 0) is 20.5 Å². The van der Waals surface area contributed by atoms with Crippen molar-refractivity contribution in [2.75, 3.05) is 27.2 Å². The highest BCUT2D eigenvalue weighted by atomic mass is 19.4. The van der Waals surface area contributed by atoms with E-state index in [1.807, 2.05) is 0 Å². The quantitative estimate of drug-likeness (QED) is 0.819. The van der Waals surface area contributed by atoms with Crippen molar-refractivity contribution in [3.05, 3.63) is 35.4 Å². The minimum absolute atomic E-state index is 0.271. The Kier molecular flexibility index (Phi) is 6.11.